The zero-order chi connectivity index (χ0) is 17.2. The zero-order valence-electron chi connectivity index (χ0n) is 14.4. The van der Waals surface area contributed by atoms with Gasteiger partial charge in [-0.1, -0.05) is 31.9 Å². The van der Waals surface area contributed by atoms with Crippen LogP contribution in [0.3, 0.4) is 0 Å². The van der Waals surface area contributed by atoms with Crippen molar-refractivity contribution in [2.24, 2.45) is 7.05 Å². The van der Waals surface area contributed by atoms with Gasteiger partial charge in [0.25, 0.3) is 0 Å². The summed E-state index contributed by atoms with van der Waals surface area (Å²) in [4.78, 5) is 11.8. The summed E-state index contributed by atoms with van der Waals surface area (Å²) in [5, 5.41) is 6.89. The number of unbranched alkanes of at least 4 members (excludes halogenated alkanes) is 2. The minimum Gasteiger partial charge on any atom is -0.494 e. The van der Waals surface area contributed by atoms with Gasteiger partial charge in [0.1, 0.15) is 5.75 Å². The second-order valence-corrected chi connectivity index (χ2v) is 5.70. The SMILES string of the molecule is CCCCCOc1ccc(/C=C/C(=O)NCc2cnn(C)c2)cc1. The third-order valence-electron chi connectivity index (χ3n) is 3.55. The molecule has 2 rings (SSSR count). The second kappa shape index (κ2) is 9.55. The van der Waals surface area contributed by atoms with Gasteiger partial charge in [0.05, 0.1) is 12.8 Å². The van der Waals surface area contributed by atoms with Gasteiger partial charge in [-0.05, 0) is 30.2 Å². The Kier molecular flexibility index (Phi) is 7.08. The maximum absolute atomic E-state index is 11.8. The Morgan fingerprint density at radius 3 is 2.75 bits per heavy atom. The molecule has 0 aliphatic carbocycles. The third-order valence-corrected chi connectivity index (χ3v) is 3.55. The van der Waals surface area contributed by atoms with Crippen molar-refractivity contribution in [3.05, 3.63) is 53.9 Å². The normalized spacial score (nSPS) is 10.9. The van der Waals surface area contributed by atoms with Gasteiger partial charge in [-0.15, -0.1) is 0 Å². The smallest absolute Gasteiger partial charge is 0.244 e. The first-order valence-corrected chi connectivity index (χ1v) is 8.33. The molecule has 0 unspecified atom stereocenters. The first-order valence-electron chi connectivity index (χ1n) is 8.33. The van der Waals surface area contributed by atoms with Crippen molar-refractivity contribution in [1.82, 2.24) is 15.1 Å². The fraction of sp³-hybridized carbons (Fsp3) is 0.368. The monoisotopic (exact) mass is 327 g/mol. The summed E-state index contributed by atoms with van der Waals surface area (Å²) in [5.74, 6) is 0.739. The number of hydrogen-bond acceptors (Lipinski definition) is 3. The Morgan fingerprint density at radius 1 is 1.29 bits per heavy atom. The lowest BCUT2D eigenvalue weighted by atomic mass is 10.2. The molecule has 0 atom stereocenters. The van der Waals surface area contributed by atoms with Crippen LogP contribution in [0.25, 0.3) is 6.08 Å². The molecule has 1 aromatic carbocycles. The van der Waals surface area contributed by atoms with Crippen LogP contribution >= 0.6 is 0 Å². The van der Waals surface area contributed by atoms with Gasteiger partial charge in [-0.3, -0.25) is 9.48 Å². The average Bonchev–Trinajstić information content (AvgIpc) is 3.01. The van der Waals surface area contributed by atoms with Crippen LogP contribution in [0.5, 0.6) is 5.75 Å². The topological polar surface area (TPSA) is 56.1 Å². The van der Waals surface area contributed by atoms with E-state index in [1.807, 2.05) is 37.5 Å². The van der Waals surface area contributed by atoms with Crippen molar-refractivity contribution in [3.63, 3.8) is 0 Å². The van der Waals surface area contributed by atoms with Gasteiger partial charge >= 0.3 is 0 Å². The highest BCUT2D eigenvalue weighted by Gasteiger charge is 1.99. The van der Waals surface area contributed by atoms with Gasteiger partial charge in [0, 0.05) is 31.4 Å². The minimum atomic E-state index is -0.126. The standard InChI is InChI=1S/C19H25N3O2/c1-3-4-5-12-24-18-9-6-16(7-10-18)8-11-19(23)20-13-17-14-21-22(2)15-17/h6-11,14-15H,3-5,12-13H2,1-2H3,(H,20,23)/b11-8+. The molecule has 5 nitrogen and oxygen atoms in total. The molecule has 5 heteroatoms. The number of nitrogens with one attached hydrogen (secondary N) is 1. The molecule has 1 amide bonds. The van der Waals surface area contributed by atoms with Crippen LogP contribution in [0.15, 0.2) is 42.7 Å². The van der Waals surface area contributed by atoms with Gasteiger partial charge in [-0.2, -0.15) is 5.10 Å². The molecule has 1 heterocycles. The van der Waals surface area contributed by atoms with Crippen LogP contribution in [0.1, 0.15) is 37.3 Å². The van der Waals surface area contributed by atoms with E-state index in [1.54, 1.807) is 17.0 Å². The summed E-state index contributed by atoms with van der Waals surface area (Å²) in [6, 6.07) is 7.75. The average molecular weight is 327 g/mol. The van der Waals surface area contributed by atoms with E-state index in [0.717, 1.165) is 29.9 Å². The van der Waals surface area contributed by atoms with Crippen LogP contribution in [-0.2, 0) is 18.4 Å². The largest absolute Gasteiger partial charge is 0.494 e. The number of amides is 1. The number of carbonyl (C=O) groups is 1. The molecule has 0 saturated heterocycles. The predicted octanol–water partition coefficient (Wildman–Crippen LogP) is 3.32. The maximum atomic E-state index is 11.8. The number of ether oxygens (including phenoxy) is 1. The van der Waals surface area contributed by atoms with Crippen LogP contribution in [0, 0.1) is 0 Å². The molecule has 0 radical (unpaired) electrons. The molecule has 0 aliphatic rings. The van der Waals surface area contributed by atoms with E-state index in [-0.39, 0.29) is 5.91 Å². The summed E-state index contributed by atoms with van der Waals surface area (Å²) >= 11 is 0. The molecule has 128 valence electrons. The van der Waals surface area contributed by atoms with Crippen LogP contribution < -0.4 is 10.1 Å². The molecule has 0 spiro atoms. The van der Waals surface area contributed by atoms with Crippen LogP contribution in [-0.4, -0.2) is 22.3 Å². The first kappa shape index (κ1) is 17.8. The predicted molar refractivity (Wildman–Crippen MR) is 95.6 cm³/mol. The molecule has 0 fully saturated rings. The number of aryl methyl sites for hydroxylation is 1. The van der Waals surface area contributed by atoms with Crippen molar-refractivity contribution in [2.45, 2.75) is 32.7 Å². The number of rotatable bonds is 9. The third kappa shape index (κ3) is 6.28. The highest BCUT2D eigenvalue weighted by atomic mass is 16.5. The number of carbonyl (C=O) groups excluding carboxylic acids is 1. The Bertz CT molecular complexity index is 660. The molecule has 24 heavy (non-hydrogen) atoms. The van der Waals surface area contributed by atoms with E-state index < -0.39 is 0 Å². The Morgan fingerprint density at radius 2 is 2.08 bits per heavy atom. The molecule has 1 N–H and O–H groups in total. The van der Waals surface area contributed by atoms with E-state index in [1.165, 1.54) is 18.9 Å². The first-order chi connectivity index (χ1) is 11.7. The number of nitrogens with zero attached hydrogens (tertiary/aromatic N) is 2. The number of benzene rings is 1. The van der Waals surface area contributed by atoms with E-state index in [4.69, 9.17) is 4.74 Å². The van der Waals surface area contributed by atoms with Gasteiger partial charge in [0.15, 0.2) is 0 Å². The van der Waals surface area contributed by atoms with Gasteiger partial charge < -0.3 is 10.1 Å². The molecule has 0 bridgehead atoms. The fourth-order valence-electron chi connectivity index (χ4n) is 2.20. The summed E-state index contributed by atoms with van der Waals surface area (Å²) in [5.41, 5.74) is 1.94. The Balaban J connectivity index is 1.75. The van der Waals surface area contributed by atoms with Gasteiger partial charge in [0.2, 0.25) is 5.91 Å². The van der Waals surface area contributed by atoms with E-state index in [0.29, 0.717) is 6.54 Å². The van der Waals surface area contributed by atoms with Crippen LogP contribution in [0.4, 0.5) is 0 Å². The maximum Gasteiger partial charge on any atom is 0.244 e. The van der Waals surface area contributed by atoms with E-state index >= 15 is 0 Å². The van der Waals surface area contributed by atoms with Crippen molar-refractivity contribution < 1.29 is 9.53 Å². The van der Waals surface area contributed by atoms with Crippen LogP contribution in [0.2, 0.25) is 0 Å². The molecular weight excluding hydrogens is 302 g/mol. The number of hydrogen-bond donors (Lipinski definition) is 1. The lowest BCUT2D eigenvalue weighted by molar-refractivity contribution is -0.116. The minimum absolute atomic E-state index is 0.126. The van der Waals surface area contributed by atoms with E-state index in [2.05, 4.69) is 17.3 Å². The Hall–Kier alpha value is -2.56. The zero-order valence-corrected chi connectivity index (χ0v) is 14.4. The highest BCUT2D eigenvalue weighted by Crippen LogP contribution is 2.13. The van der Waals surface area contributed by atoms with Crippen molar-refractivity contribution in [1.29, 1.82) is 0 Å². The summed E-state index contributed by atoms with van der Waals surface area (Å²) < 4.78 is 7.38. The van der Waals surface area contributed by atoms with Crippen molar-refractivity contribution >= 4 is 12.0 Å². The summed E-state index contributed by atoms with van der Waals surface area (Å²) in [6.45, 7) is 3.40. The van der Waals surface area contributed by atoms with Crippen molar-refractivity contribution in [2.75, 3.05) is 6.61 Å². The quantitative estimate of drug-likeness (QED) is 0.568. The fourth-order valence-corrected chi connectivity index (χ4v) is 2.20. The second-order valence-electron chi connectivity index (χ2n) is 5.70. The molecule has 1 aromatic heterocycles. The lowest BCUT2D eigenvalue weighted by Gasteiger charge is -2.05. The molecule has 0 saturated carbocycles. The molecular formula is C19H25N3O2. The summed E-state index contributed by atoms with van der Waals surface area (Å²) in [7, 11) is 1.85. The highest BCUT2D eigenvalue weighted by molar-refractivity contribution is 5.91. The molecule has 2 aromatic rings. The van der Waals surface area contributed by atoms with Gasteiger partial charge in [-0.25, -0.2) is 0 Å². The van der Waals surface area contributed by atoms with E-state index in [9.17, 15) is 4.79 Å². The number of aromatic nitrogens is 2. The molecule has 0 aliphatic heterocycles. The summed E-state index contributed by atoms with van der Waals surface area (Å²) in [6.07, 6.45) is 10.4. The van der Waals surface area contributed by atoms with Crippen molar-refractivity contribution in [3.8, 4) is 5.75 Å². The Labute approximate surface area is 143 Å². The lowest BCUT2D eigenvalue weighted by Crippen LogP contribution is -2.19.